The van der Waals surface area contributed by atoms with Gasteiger partial charge in [-0.15, -0.1) is 11.3 Å². The van der Waals surface area contributed by atoms with E-state index in [2.05, 4.69) is 15.3 Å². The summed E-state index contributed by atoms with van der Waals surface area (Å²) in [5.74, 6) is 0.430. The van der Waals surface area contributed by atoms with Crippen LogP contribution in [0, 0.1) is 0 Å². The first-order valence-electron chi connectivity index (χ1n) is 8.32. The van der Waals surface area contributed by atoms with E-state index >= 15 is 0 Å². The SMILES string of the molecule is COc1ccc(-c2ccc3c(N)c(C(=O)Nc4cccnc4Cl)sc3n2)cc1. The van der Waals surface area contributed by atoms with Gasteiger partial charge in [0.05, 0.1) is 24.2 Å². The van der Waals surface area contributed by atoms with Gasteiger partial charge in [0, 0.05) is 17.1 Å². The topological polar surface area (TPSA) is 90.1 Å². The first-order valence-corrected chi connectivity index (χ1v) is 9.51. The Hall–Kier alpha value is -3.16. The summed E-state index contributed by atoms with van der Waals surface area (Å²) in [7, 11) is 1.62. The molecule has 4 aromatic rings. The van der Waals surface area contributed by atoms with E-state index in [4.69, 9.17) is 22.1 Å². The number of aromatic nitrogens is 2. The first kappa shape index (κ1) is 18.2. The second-order valence-electron chi connectivity index (χ2n) is 5.92. The predicted molar refractivity (Wildman–Crippen MR) is 113 cm³/mol. The lowest BCUT2D eigenvalue weighted by atomic mass is 10.1. The Bertz CT molecular complexity index is 1170. The predicted octanol–water partition coefficient (Wildman–Crippen LogP) is 4.85. The van der Waals surface area contributed by atoms with Gasteiger partial charge in [0.15, 0.2) is 5.15 Å². The normalized spacial score (nSPS) is 10.8. The highest BCUT2D eigenvalue weighted by Crippen LogP contribution is 2.35. The number of anilines is 2. The van der Waals surface area contributed by atoms with Crippen LogP contribution in [0.1, 0.15) is 9.67 Å². The van der Waals surface area contributed by atoms with Crippen molar-refractivity contribution in [2.45, 2.75) is 0 Å². The van der Waals surface area contributed by atoms with Crippen molar-refractivity contribution in [2.24, 2.45) is 0 Å². The quantitative estimate of drug-likeness (QED) is 0.469. The molecule has 1 aromatic carbocycles. The van der Waals surface area contributed by atoms with E-state index in [9.17, 15) is 4.79 Å². The highest BCUT2D eigenvalue weighted by Gasteiger charge is 2.19. The number of hydrogen-bond acceptors (Lipinski definition) is 6. The second kappa shape index (κ2) is 7.46. The molecule has 0 saturated heterocycles. The molecule has 3 N–H and O–H groups in total. The summed E-state index contributed by atoms with van der Waals surface area (Å²) in [5, 5.41) is 3.70. The minimum Gasteiger partial charge on any atom is -0.497 e. The molecule has 1 amide bonds. The third-order valence-electron chi connectivity index (χ3n) is 4.19. The molecule has 140 valence electrons. The van der Waals surface area contributed by atoms with Gasteiger partial charge in [-0.05, 0) is 48.5 Å². The van der Waals surface area contributed by atoms with Gasteiger partial charge in [0.25, 0.3) is 5.91 Å². The van der Waals surface area contributed by atoms with Gasteiger partial charge in [-0.3, -0.25) is 4.79 Å². The highest BCUT2D eigenvalue weighted by molar-refractivity contribution is 7.21. The van der Waals surface area contributed by atoms with E-state index < -0.39 is 0 Å². The number of nitrogen functional groups attached to an aromatic ring is 1. The molecule has 3 aromatic heterocycles. The van der Waals surface area contributed by atoms with Gasteiger partial charge in [-0.2, -0.15) is 0 Å². The van der Waals surface area contributed by atoms with Crippen LogP contribution in [-0.2, 0) is 0 Å². The maximum atomic E-state index is 12.7. The number of hydrogen-bond donors (Lipinski definition) is 2. The minimum absolute atomic E-state index is 0.218. The van der Waals surface area contributed by atoms with Crippen LogP contribution >= 0.6 is 22.9 Å². The van der Waals surface area contributed by atoms with Crippen LogP contribution in [0.3, 0.4) is 0 Å². The molecule has 0 radical (unpaired) electrons. The van der Waals surface area contributed by atoms with Crippen molar-refractivity contribution in [2.75, 3.05) is 18.2 Å². The van der Waals surface area contributed by atoms with Gasteiger partial charge in [0.2, 0.25) is 0 Å². The number of nitrogens with two attached hydrogens (primary N) is 1. The number of rotatable bonds is 4. The minimum atomic E-state index is -0.346. The number of nitrogens with one attached hydrogen (secondary N) is 1. The molecule has 0 atom stereocenters. The Balaban J connectivity index is 1.68. The number of carbonyl (C=O) groups is 1. The third-order valence-corrected chi connectivity index (χ3v) is 5.61. The number of benzene rings is 1. The van der Waals surface area contributed by atoms with Gasteiger partial charge in [-0.1, -0.05) is 11.6 Å². The molecule has 28 heavy (non-hydrogen) atoms. The smallest absolute Gasteiger partial charge is 0.268 e. The highest BCUT2D eigenvalue weighted by atomic mass is 35.5. The number of carbonyl (C=O) groups excluding carboxylic acids is 1. The van der Waals surface area contributed by atoms with Gasteiger partial charge >= 0.3 is 0 Å². The maximum absolute atomic E-state index is 12.7. The van der Waals surface area contributed by atoms with Crippen molar-refractivity contribution < 1.29 is 9.53 Å². The van der Waals surface area contributed by atoms with E-state index in [1.807, 2.05) is 36.4 Å². The van der Waals surface area contributed by atoms with Crippen molar-refractivity contribution >= 4 is 50.4 Å². The molecular formula is C20H15ClN4O2S. The molecule has 8 heteroatoms. The first-order chi connectivity index (χ1) is 13.6. The summed E-state index contributed by atoms with van der Waals surface area (Å²) < 4.78 is 5.18. The fourth-order valence-electron chi connectivity index (χ4n) is 2.75. The summed E-state index contributed by atoms with van der Waals surface area (Å²) in [6.07, 6.45) is 1.55. The lowest BCUT2D eigenvalue weighted by Gasteiger charge is -2.05. The summed E-state index contributed by atoms with van der Waals surface area (Å²) in [5.41, 5.74) is 8.76. The number of halogens is 1. The Morgan fingerprint density at radius 1 is 1.18 bits per heavy atom. The van der Waals surface area contributed by atoms with Crippen LogP contribution in [0.25, 0.3) is 21.5 Å². The molecule has 3 heterocycles. The number of methoxy groups -OCH3 is 1. The Labute approximate surface area is 170 Å². The van der Waals surface area contributed by atoms with Crippen molar-refractivity contribution in [1.29, 1.82) is 0 Å². The number of ether oxygens (including phenoxy) is 1. The number of pyridine rings is 2. The van der Waals surface area contributed by atoms with E-state index in [0.29, 0.717) is 21.1 Å². The van der Waals surface area contributed by atoms with Crippen molar-refractivity contribution in [1.82, 2.24) is 9.97 Å². The molecule has 0 saturated carbocycles. The average molecular weight is 411 g/mol. The molecular weight excluding hydrogens is 396 g/mol. The van der Waals surface area contributed by atoms with Gasteiger partial charge < -0.3 is 15.8 Å². The maximum Gasteiger partial charge on any atom is 0.268 e. The number of thiophene rings is 1. The zero-order valence-electron chi connectivity index (χ0n) is 14.8. The fraction of sp³-hybridized carbons (Fsp3) is 0.0500. The Morgan fingerprint density at radius 2 is 1.96 bits per heavy atom. The van der Waals surface area contributed by atoms with Crippen LogP contribution in [0.4, 0.5) is 11.4 Å². The summed E-state index contributed by atoms with van der Waals surface area (Å²) >= 11 is 7.25. The second-order valence-corrected chi connectivity index (χ2v) is 7.28. The van der Waals surface area contributed by atoms with Crippen molar-refractivity contribution in [3.8, 4) is 17.0 Å². The standard InChI is InChI=1S/C20H15ClN4O2S/c1-27-12-6-4-11(5-7-12)14-9-8-13-16(22)17(28-20(13)25-14)19(26)24-15-3-2-10-23-18(15)21/h2-10H,22H2,1H3,(H,24,26). The number of amides is 1. The van der Waals surface area contributed by atoms with Crippen molar-refractivity contribution in [3.63, 3.8) is 0 Å². The van der Waals surface area contributed by atoms with Crippen LogP contribution < -0.4 is 15.8 Å². The fourth-order valence-corrected chi connectivity index (χ4v) is 3.90. The summed E-state index contributed by atoms with van der Waals surface area (Å²) in [6, 6.07) is 14.7. The Kier molecular flexibility index (Phi) is 4.85. The number of fused-ring (bicyclic) bond motifs is 1. The van der Waals surface area contributed by atoms with E-state index in [-0.39, 0.29) is 11.1 Å². The van der Waals surface area contributed by atoms with Gasteiger partial charge in [-0.25, -0.2) is 9.97 Å². The zero-order chi connectivity index (χ0) is 19.7. The molecule has 0 fully saturated rings. The van der Waals surface area contributed by atoms with Crippen molar-refractivity contribution in [3.05, 3.63) is 64.8 Å². The molecule has 0 bridgehead atoms. The van der Waals surface area contributed by atoms with Crippen LogP contribution in [0.5, 0.6) is 5.75 Å². The lowest BCUT2D eigenvalue weighted by molar-refractivity contribution is 0.103. The summed E-state index contributed by atoms with van der Waals surface area (Å²) in [6.45, 7) is 0. The molecule has 6 nitrogen and oxygen atoms in total. The molecule has 0 aliphatic heterocycles. The Morgan fingerprint density at radius 3 is 2.68 bits per heavy atom. The summed E-state index contributed by atoms with van der Waals surface area (Å²) in [4.78, 5) is 22.4. The monoisotopic (exact) mass is 410 g/mol. The molecule has 4 rings (SSSR count). The van der Waals surface area contributed by atoms with Crippen LogP contribution in [0.15, 0.2) is 54.7 Å². The number of nitrogens with zero attached hydrogens (tertiary/aromatic N) is 2. The van der Waals surface area contributed by atoms with E-state index in [1.54, 1.807) is 25.4 Å². The van der Waals surface area contributed by atoms with Crippen LogP contribution in [0.2, 0.25) is 5.15 Å². The molecule has 0 unspecified atom stereocenters. The lowest BCUT2D eigenvalue weighted by Crippen LogP contribution is -2.12. The molecule has 0 aliphatic rings. The zero-order valence-corrected chi connectivity index (χ0v) is 16.3. The average Bonchev–Trinajstić information content (AvgIpc) is 3.06. The van der Waals surface area contributed by atoms with Crippen LogP contribution in [-0.4, -0.2) is 23.0 Å². The van der Waals surface area contributed by atoms with E-state index in [1.165, 1.54) is 11.3 Å². The molecule has 0 aliphatic carbocycles. The molecule has 0 spiro atoms. The van der Waals surface area contributed by atoms with E-state index in [0.717, 1.165) is 22.4 Å². The largest absolute Gasteiger partial charge is 0.497 e. The van der Waals surface area contributed by atoms with Gasteiger partial charge in [0.1, 0.15) is 15.5 Å². The third kappa shape index (κ3) is 3.37.